The summed E-state index contributed by atoms with van der Waals surface area (Å²) in [4.78, 5) is 22.8. The zero-order valence-electron chi connectivity index (χ0n) is 11.3. The van der Waals surface area contributed by atoms with Crippen LogP contribution in [0.4, 0.5) is 0 Å². The van der Waals surface area contributed by atoms with Crippen LogP contribution in [-0.4, -0.2) is 37.1 Å². The first-order chi connectivity index (χ1) is 10.2. The van der Waals surface area contributed by atoms with Crippen LogP contribution in [0.2, 0.25) is 0 Å². The normalized spacial score (nSPS) is 23.6. The van der Waals surface area contributed by atoms with E-state index in [0.29, 0.717) is 30.1 Å². The van der Waals surface area contributed by atoms with Crippen LogP contribution in [0.25, 0.3) is 0 Å². The standard InChI is InChI=1S/C14H16N2O5/c15-16-14(18)12-4-2-9(21-12)6-19-8-1-3-10-11(17)7-20-13(10)5-8/h1,3,5,9,12H,2,4,6-7,15H2,(H,16,18). The maximum absolute atomic E-state index is 11.4. The monoisotopic (exact) mass is 292 g/mol. The third-order valence-corrected chi connectivity index (χ3v) is 3.59. The molecule has 0 aromatic heterocycles. The Kier molecular flexibility index (Phi) is 3.76. The van der Waals surface area contributed by atoms with Gasteiger partial charge in [-0.15, -0.1) is 0 Å². The molecule has 2 aliphatic heterocycles. The van der Waals surface area contributed by atoms with E-state index in [9.17, 15) is 9.59 Å². The van der Waals surface area contributed by atoms with Crippen LogP contribution in [0.15, 0.2) is 18.2 Å². The Labute approximate surface area is 121 Å². The maximum Gasteiger partial charge on any atom is 0.263 e. The Morgan fingerprint density at radius 3 is 3.10 bits per heavy atom. The number of nitrogens with one attached hydrogen (secondary N) is 1. The summed E-state index contributed by atoms with van der Waals surface area (Å²) in [5.41, 5.74) is 2.66. The molecule has 112 valence electrons. The average Bonchev–Trinajstić information content (AvgIpc) is 3.12. The largest absolute Gasteiger partial charge is 0.491 e. The van der Waals surface area contributed by atoms with Crippen molar-refractivity contribution in [2.45, 2.75) is 25.0 Å². The van der Waals surface area contributed by atoms with Crippen molar-refractivity contribution in [2.75, 3.05) is 13.2 Å². The molecule has 0 saturated carbocycles. The predicted octanol–water partition coefficient (Wildman–Crippen LogP) is 0.178. The summed E-state index contributed by atoms with van der Waals surface area (Å²) in [6.45, 7) is 0.418. The van der Waals surface area contributed by atoms with Gasteiger partial charge >= 0.3 is 0 Å². The van der Waals surface area contributed by atoms with Crippen molar-refractivity contribution in [2.24, 2.45) is 5.84 Å². The van der Waals surface area contributed by atoms with Crippen molar-refractivity contribution in [3.8, 4) is 11.5 Å². The van der Waals surface area contributed by atoms with E-state index >= 15 is 0 Å². The Balaban J connectivity index is 1.55. The van der Waals surface area contributed by atoms with Gasteiger partial charge in [0, 0.05) is 6.07 Å². The van der Waals surface area contributed by atoms with Gasteiger partial charge in [0.15, 0.2) is 6.61 Å². The van der Waals surface area contributed by atoms with Gasteiger partial charge in [0.1, 0.15) is 24.2 Å². The van der Waals surface area contributed by atoms with E-state index in [1.807, 2.05) is 0 Å². The fraction of sp³-hybridized carbons (Fsp3) is 0.429. The van der Waals surface area contributed by atoms with Crippen molar-refractivity contribution in [3.05, 3.63) is 23.8 Å². The highest BCUT2D eigenvalue weighted by atomic mass is 16.5. The molecule has 1 aromatic carbocycles. The lowest BCUT2D eigenvalue weighted by Crippen LogP contribution is -2.39. The minimum atomic E-state index is -0.510. The van der Waals surface area contributed by atoms with Crippen molar-refractivity contribution >= 4 is 11.7 Å². The number of Topliss-reactive ketones (excluding diaryl/α,β-unsaturated/α-hetero) is 1. The van der Waals surface area contributed by atoms with Gasteiger partial charge in [-0.1, -0.05) is 0 Å². The molecule has 21 heavy (non-hydrogen) atoms. The zero-order valence-corrected chi connectivity index (χ0v) is 11.3. The number of benzene rings is 1. The van der Waals surface area contributed by atoms with E-state index in [2.05, 4.69) is 5.43 Å². The number of carbonyl (C=O) groups excluding carboxylic acids is 2. The molecule has 0 bridgehead atoms. The highest BCUT2D eigenvalue weighted by molar-refractivity contribution is 6.02. The maximum atomic E-state index is 11.4. The number of ether oxygens (including phenoxy) is 3. The molecule has 3 N–H and O–H groups in total. The van der Waals surface area contributed by atoms with Gasteiger partial charge in [0.05, 0.1) is 11.7 Å². The van der Waals surface area contributed by atoms with Gasteiger partial charge < -0.3 is 14.2 Å². The van der Waals surface area contributed by atoms with Gasteiger partial charge in [-0.3, -0.25) is 15.0 Å². The molecule has 0 radical (unpaired) electrons. The topological polar surface area (TPSA) is 99.9 Å². The molecule has 0 aliphatic carbocycles. The summed E-state index contributed by atoms with van der Waals surface area (Å²) in [5, 5.41) is 0. The number of carbonyl (C=O) groups is 2. The number of hydrogen-bond donors (Lipinski definition) is 2. The first-order valence-corrected chi connectivity index (χ1v) is 6.76. The summed E-state index contributed by atoms with van der Waals surface area (Å²) < 4.78 is 16.4. The molecule has 2 heterocycles. The van der Waals surface area contributed by atoms with Crippen LogP contribution in [-0.2, 0) is 9.53 Å². The second-order valence-corrected chi connectivity index (χ2v) is 5.01. The molecule has 0 spiro atoms. The van der Waals surface area contributed by atoms with Crippen LogP contribution in [0.3, 0.4) is 0 Å². The number of amides is 1. The van der Waals surface area contributed by atoms with E-state index in [-0.39, 0.29) is 24.4 Å². The molecule has 1 aromatic rings. The Hall–Kier alpha value is -2.12. The van der Waals surface area contributed by atoms with E-state index in [1.165, 1.54) is 0 Å². The van der Waals surface area contributed by atoms with Crippen molar-refractivity contribution in [3.63, 3.8) is 0 Å². The summed E-state index contributed by atoms with van der Waals surface area (Å²) in [6.07, 6.45) is 0.698. The lowest BCUT2D eigenvalue weighted by atomic mass is 10.1. The molecule has 1 amide bonds. The number of fused-ring (bicyclic) bond motifs is 1. The summed E-state index contributed by atoms with van der Waals surface area (Å²) >= 11 is 0. The van der Waals surface area contributed by atoms with Crippen LogP contribution >= 0.6 is 0 Å². The number of hydrazine groups is 1. The van der Waals surface area contributed by atoms with E-state index in [1.54, 1.807) is 18.2 Å². The van der Waals surface area contributed by atoms with Crippen molar-refractivity contribution in [1.82, 2.24) is 5.43 Å². The minimum absolute atomic E-state index is 0.0219. The predicted molar refractivity (Wildman–Crippen MR) is 72.0 cm³/mol. The van der Waals surface area contributed by atoms with Crippen LogP contribution in [0.1, 0.15) is 23.2 Å². The summed E-state index contributed by atoms with van der Waals surface area (Å²) in [7, 11) is 0. The number of hydrogen-bond acceptors (Lipinski definition) is 6. The fourth-order valence-electron chi connectivity index (χ4n) is 2.47. The molecular formula is C14H16N2O5. The van der Waals surface area contributed by atoms with Crippen LogP contribution in [0, 0.1) is 0 Å². The second kappa shape index (κ2) is 5.71. The zero-order chi connectivity index (χ0) is 14.8. The minimum Gasteiger partial charge on any atom is -0.491 e. The molecule has 1 saturated heterocycles. The van der Waals surface area contributed by atoms with Gasteiger partial charge in [0.25, 0.3) is 5.91 Å². The molecule has 1 fully saturated rings. The van der Waals surface area contributed by atoms with Crippen molar-refractivity contribution < 1.29 is 23.8 Å². The third-order valence-electron chi connectivity index (χ3n) is 3.59. The lowest BCUT2D eigenvalue weighted by Gasteiger charge is -2.14. The third kappa shape index (κ3) is 2.84. The van der Waals surface area contributed by atoms with Crippen LogP contribution in [0.5, 0.6) is 11.5 Å². The van der Waals surface area contributed by atoms with Gasteiger partial charge in [-0.05, 0) is 25.0 Å². The Bertz CT molecular complexity index is 574. The SMILES string of the molecule is NNC(=O)C1CCC(COc2ccc3c(c2)OCC3=O)O1. The summed E-state index contributed by atoms with van der Waals surface area (Å²) in [6, 6.07) is 5.11. The molecule has 7 heteroatoms. The smallest absolute Gasteiger partial charge is 0.263 e. The molecule has 3 rings (SSSR count). The van der Waals surface area contributed by atoms with E-state index in [4.69, 9.17) is 20.1 Å². The Morgan fingerprint density at radius 1 is 1.43 bits per heavy atom. The Morgan fingerprint density at radius 2 is 2.29 bits per heavy atom. The first-order valence-electron chi connectivity index (χ1n) is 6.76. The fourth-order valence-corrected chi connectivity index (χ4v) is 2.47. The van der Waals surface area contributed by atoms with E-state index < -0.39 is 6.10 Å². The summed E-state index contributed by atoms with van der Waals surface area (Å²) in [5.74, 6) is 5.89. The number of rotatable bonds is 4. The van der Waals surface area contributed by atoms with Gasteiger partial charge in [-0.2, -0.15) is 0 Å². The van der Waals surface area contributed by atoms with Gasteiger partial charge in [-0.25, -0.2) is 5.84 Å². The molecule has 2 aliphatic rings. The first kappa shape index (κ1) is 13.8. The lowest BCUT2D eigenvalue weighted by molar-refractivity contribution is -0.132. The highest BCUT2D eigenvalue weighted by Crippen LogP contribution is 2.30. The number of ketones is 1. The number of nitrogens with two attached hydrogens (primary N) is 1. The second-order valence-electron chi connectivity index (χ2n) is 5.01. The molecule has 2 atom stereocenters. The molecule has 2 unspecified atom stereocenters. The van der Waals surface area contributed by atoms with Crippen LogP contribution < -0.4 is 20.7 Å². The quantitative estimate of drug-likeness (QED) is 0.466. The van der Waals surface area contributed by atoms with Gasteiger partial charge in [0.2, 0.25) is 5.78 Å². The van der Waals surface area contributed by atoms with Crippen molar-refractivity contribution in [1.29, 1.82) is 0 Å². The van der Waals surface area contributed by atoms with E-state index in [0.717, 1.165) is 6.42 Å². The molecule has 7 nitrogen and oxygen atoms in total. The highest BCUT2D eigenvalue weighted by Gasteiger charge is 2.30. The average molecular weight is 292 g/mol. The molecular weight excluding hydrogens is 276 g/mol.